The first-order chi connectivity index (χ1) is 15.0. The normalized spacial score (nSPS) is 17.6. The first-order valence-corrected chi connectivity index (χ1v) is 11.5. The van der Waals surface area contributed by atoms with Crippen LogP contribution in [0, 0.1) is 0 Å². The summed E-state index contributed by atoms with van der Waals surface area (Å²) in [5, 5.41) is 2.71. The molecule has 8 heteroatoms. The molecule has 0 radical (unpaired) electrons. The van der Waals surface area contributed by atoms with Crippen molar-refractivity contribution in [1.29, 1.82) is 0 Å². The summed E-state index contributed by atoms with van der Waals surface area (Å²) in [6.07, 6.45) is 10.4. The Balaban J connectivity index is 1.48. The van der Waals surface area contributed by atoms with Crippen molar-refractivity contribution < 1.29 is 17.6 Å². The van der Waals surface area contributed by atoms with E-state index >= 15 is 0 Å². The van der Waals surface area contributed by atoms with Crippen LogP contribution in [0.15, 0.2) is 82.6 Å². The molecule has 1 aliphatic rings. The Bertz CT molecular complexity index is 1140. The molecule has 1 saturated heterocycles. The number of piperidine rings is 1. The number of amides is 1. The van der Waals surface area contributed by atoms with Crippen LogP contribution in [0.25, 0.3) is 6.08 Å². The molecule has 1 amide bonds. The van der Waals surface area contributed by atoms with E-state index in [1.54, 1.807) is 47.0 Å². The summed E-state index contributed by atoms with van der Waals surface area (Å²) in [5.74, 6) is 0.237. The van der Waals surface area contributed by atoms with Crippen LogP contribution in [0.2, 0.25) is 0 Å². The predicted molar refractivity (Wildman–Crippen MR) is 118 cm³/mol. The van der Waals surface area contributed by atoms with E-state index in [-0.39, 0.29) is 16.8 Å². The summed E-state index contributed by atoms with van der Waals surface area (Å²) < 4.78 is 33.4. The van der Waals surface area contributed by atoms with E-state index in [4.69, 9.17) is 4.42 Å². The van der Waals surface area contributed by atoms with E-state index in [9.17, 15) is 13.2 Å². The van der Waals surface area contributed by atoms with Gasteiger partial charge in [0.05, 0.1) is 17.2 Å². The van der Waals surface area contributed by atoms with Gasteiger partial charge in [0.15, 0.2) is 0 Å². The SMILES string of the molecule is O=C(/C=C/c1ccco1)Nc1ccc(S(=O)(=O)N2CCCCC2c2cccnc2)cc1. The second-order valence-corrected chi connectivity index (χ2v) is 9.17. The molecule has 1 aliphatic heterocycles. The van der Waals surface area contributed by atoms with E-state index in [1.165, 1.54) is 24.5 Å². The van der Waals surface area contributed by atoms with Crippen LogP contribution in [-0.4, -0.2) is 30.2 Å². The molecule has 7 nitrogen and oxygen atoms in total. The van der Waals surface area contributed by atoms with Gasteiger partial charge in [-0.15, -0.1) is 0 Å². The summed E-state index contributed by atoms with van der Waals surface area (Å²) in [7, 11) is -3.68. The highest BCUT2D eigenvalue weighted by Gasteiger charge is 2.34. The molecule has 0 bridgehead atoms. The molecule has 2 aromatic heterocycles. The van der Waals surface area contributed by atoms with Crippen LogP contribution < -0.4 is 5.32 Å². The second kappa shape index (κ2) is 9.28. The topological polar surface area (TPSA) is 92.5 Å². The molecule has 31 heavy (non-hydrogen) atoms. The van der Waals surface area contributed by atoms with E-state index in [0.29, 0.717) is 18.0 Å². The number of carbonyl (C=O) groups excluding carboxylic acids is 1. The Kier molecular flexibility index (Phi) is 6.29. The fourth-order valence-electron chi connectivity index (χ4n) is 3.67. The average molecular weight is 438 g/mol. The van der Waals surface area contributed by atoms with E-state index in [2.05, 4.69) is 10.3 Å². The van der Waals surface area contributed by atoms with Gasteiger partial charge >= 0.3 is 0 Å². The highest BCUT2D eigenvalue weighted by Crippen LogP contribution is 2.35. The van der Waals surface area contributed by atoms with E-state index in [0.717, 1.165) is 24.8 Å². The molecule has 160 valence electrons. The number of furan rings is 1. The third-order valence-corrected chi connectivity index (χ3v) is 7.12. The molecule has 1 unspecified atom stereocenters. The maximum absolute atomic E-state index is 13.3. The smallest absolute Gasteiger partial charge is 0.248 e. The molecule has 3 aromatic rings. The minimum absolute atomic E-state index is 0.201. The fraction of sp³-hybridized carbons (Fsp3) is 0.217. The van der Waals surface area contributed by atoms with Crippen molar-refractivity contribution in [2.45, 2.75) is 30.2 Å². The van der Waals surface area contributed by atoms with Crippen LogP contribution in [0.5, 0.6) is 0 Å². The van der Waals surface area contributed by atoms with Crippen LogP contribution in [0.3, 0.4) is 0 Å². The monoisotopic (exact) mass is 437 g/mol. The molecule has 1 N–H and O–H groups in total. The Morgan fingerprint density at radius 1 is 1.13 bits per heavy atom. The highest BCUT2D eigenvalue weighted by atomic mass is 32.2. The molecule has 4 rings (SSSR count). The van der Waals surface area contributed by atoms with Gasteiger partial charge in [-0.25, -0.2) is 8.42 Å². The molecule has 0 saturated carbocycles. The number of carbonyl (C=O) groups is 1. The molecular weight excluding hydrogens is 414 g/mol. The van der Waals surface area contributed by atoms with Gasteiger partial charge in [0.2, 0.25) is 15.9 Å². The molecule has 0 spiro atoms. The molecule has 3 heterocycles. The van der Waals surface area contributed by atoms with Gasteiger partial charge in [0, 0.05) is 30.7 Å². The Morgan fingerprint density at radius 3 is 2.68 bits per heavy atom. The summed E-state index contributed by atoms with van der Waals surface area (Å²) in [5.41, 5.74) is 1.41. The van der Waals surface area contributed by atoms with Gasteiger partial charge in [0.1, 0.15) is 5.76 Å². The summed E-state index contributed by atoms with van der Waals surface area (Å²) in [6, 6.07) is 13.2. The molecular formula is C23H23N3O4S. The lowest BCUT2D eigenvalue weighted by Crippen LogP contribution is -2.38. The molecule has 1 atom stereocenters. The molecule has 0 aliphatic carbocycles. The zero-order valence-electron chi connectivity index (χ0n) is 16.8. The van der Waals surface area contributed by atoms with Crippen molar-refractivity contribution in [3.8, 4) is 0 Å². The zero-order valence-corrected chi connectivity index (χ0v) is 17.7. The van der Waals surface area contributed by atoms with Gasteiger partial charge < -0.3 is 9.73 Å². The quantitative estimate of drug-likeness (QED) is 0.582. The number of nitrogens with zero attached hydrogens (tertiary/aromatic N) is 2. The lowest BCUT2D eigenvalue weighted by molar-refractivity contribution is -0.111. The number of hydrogen-bond acceptors (Lipinski definition) is 5. The first kappa shape index (κ1) is 21.0. The maximum atomic E-state index is 13.3. The minimum atomic E-state index is -3.68. The minimum Gasteiger partial charge on any atom is -0.465 e. The number of sulfonamides is 1. The standard InChI is InChI=1S/C23H23N3O4S/c27-23(13-10-20-6-4-16-30-20)25-19-8-11-21(12-9-19)31(28,29)26-15-2-1-7-22(26)18-5-3-14-24-17-18/h3-6,8-14,16-17,22H,1-2,7,15H2,(H,25,27)/b13-10+. The van der Waals surface area contributed by atoms with Crippen molar-refractivity contribution in [2.75, 3.05) is 11.9 Å². The second-order valence-electron chi connectivity index (χ2n) is 7.28. The van der Waals surface area contributed by atoms with Gasteiger partial charge in [-0.05, 0) is 66.9 Å². The summed E-state index contributed by atoms with van der Waals surface area (Å²) in [6.45, 7) is 0.470. The van der Waals surface area contributed by atoms with Crippen molar-refractivity contribution >= 4 is 27.7 Å². The lowest BCUT2D eigenvalue weighted by Gasteiger charge is -2.34. The third-order valence-electron chi connectivity index (χ3n) is 5.19. The summed E-state index contributed by atoms with van der Waals surface area (Å²) in [4.78, 5) is 16.4. The van der Waals surface area contributed by atoms with Gasteiger partial charge in [-0.2, -0.15) is 4.31 Å². The number of benzene rings is 1. The first-order valence-electron chi connectivity index (χ1n) is 10.1. The number of anilines is 1. The Morgan fingerprint density at radius 2 is 1.97 bits per heavy atom. The van der Waals surface area contributed by atoms with E-state index < -0.39 is 10.0 Å². The number of hydrogen-bond donors (Lipinski definition) is 1. The predicted octanol–water partition coefficient (Wildman–Crippen LogP) is 4.24. The molecule has 1 fully saturated rings. The van der Waals surface area contributed by atoms with Gasteiger partial charge in [-0.3, -0.25) is 9.78 Å². The number of aromatic nitrogens is 1. The van der Waals surface area contributed by atoms with Crippen LogP contribution in [0.1, 0.15) is 36.6 Å². The van der Waals surface area contributed by atoms with Crippen molar-refractivity contribution in [3.63, 3.8) is 0 Å². The number of pyridine rings is 1. The fourth-order valence-corrected chi connectivity index (χ4v) is 5.35. The van der Waals surface area contributed by atoms with Gasteiger partial charge in [-0.1, -0.05) is 12.5 Å². The number of rotatable bonds is 6. The number of nitrogens with one attached hydrogen (secondary N) is 1. The third kappa shape index (κ3) is 4.92. The Labute approximate surface area is 181 Å². The van der Waals surface area contributed by atoms with Gasteiger partial charge in [0.25, 0.3) is 0 Å². The highest BCUT2D eigenvalue weighted by molar-refractivity contribution is 7.89. The van der Waals surface area contributed by atoms with Crippen LogP contribution in [-0.2, 0) is 14.8 Å². The average Bonchev–Trinajstić information content (AvgIpc) is 3.32. The maximum Gasteiger partial charge on any atom is 0.248 e. The zero-order chi connectivity index (χ0) is 21.7. The molecule has 1 aromatic carbocycles. The largest absolute Gasteiger partial charge is 0.465 e. The van der Waals surface area contributed by atoms with Crippen molar-refractivity contribution in [2.24, 2.45) is 0 Å². The van der Waals surface area contributed by atoms with Crippen LogP contribution in [0.4, 0.5) is 5.69 Å². The van der Waals surface area contributed by atoms with Crippen LogP contribution >= 0.6 is 0 Å². The van der Waals surface area contributed by atoms with E-state index in [1.807, 2.05) is 12.1 Å². The summed E-state index contributed by atoms with van der Waals surface area (Å²) >= 11 is 0. The lowest BCUT2D eigenvalue weighted by atomic mass is 9.99. The van der Waals surface area contributed by atoms with Crippen molar-refractivity contribution in [3.05, 3.63) is 84.6 Å². The van der Waals surface area contributed by atoms with Crippen molar-refractivity contribution in [1.82, 2.24) is 9.29 Å². The Hall–Kier alpha value is -3.23.